The van der Waals surface area contributed by atoms with Crippen LogP contribution < -0.4 is 10.1 Å². The number of ether oxygens (including phenoxy) is 1. The number of methoxy groups -OCH3 is 1. The van der Waals surface area contributed by atoms with Gasteiger partial charge in [-0.3, -0.25) is 4.79 Å². The normalized spacial score (nSPS) is 11.4. The minimum Gasteiger partial charge on any atom is -0.496 e. The van der Waals surface area contributed by atoms with E-state index in [-0.39, 0.29) is 22.2 Å². The van der Waals surface area contributed by atoms with Gasteiger partial charge in [-0.15, -0.1) is 0 Å². The smallest absolute Gasteiger partial charge is 0.240 e. The lowest BCUT2D eigenvalue weighted by molar-refractivity contribution is -0.121. The Morgan fingerprint density at radius 3 is 2.41 bits per heavy atom. The van der Waals surface area contributed by atoms with Gasteiger partial charge in [-0.2, -0.15) is 0 Å². The summed E-state index contributed by atoms with van der Waals surface area (Å²) < 4.78 is 33.6. The Labute approximate surface area is 187 Å². The molecule has 0 saturated heterocycles. The Morgan fingerprint density at radius 1 is 0.969 bits per heavy atom. The molecule has 0 bridgehead atoms. The topological polar surface area (TPSA) is 77.4 Å². The van der Waals surface area contributed by atoms with Gasteiger partial charge >= 0.3 is 0 Å². The van der Waals surface area contributed by atoms with E-state index in [4.69, 9.17) is 4.74 Å². The van der Waals surface area contributed by atoms with Crippen molar-refractivity contribution in [2.45, 2.75) is 29.8 Å². The number of rotatable bonds is 7. The summed E-state index contributed by atoms with van der Waals surface area (Å²) in [6, 6.07) is 21.4. The van der Waals surface area contributed by atoms with Gasteiger partial charge in [0, 0.05) is 29.2 Å². The van der Waals surface area contributed by atoms with E-state index >= 15 is 0 Å². The van der Waals surface area contributed by atoms with E-state index in [1.165, 1.54) is 0 Å². The molecule has 0 aliphatic rings. The number of benzene rings is 3. The van der Waals surface area contributed by atoms with Crippen molar-refractivity contribution in [1.29, 1.82) is 0 Å². The number of sulfone groups is 1. The zero-order chi connectivity index (χ0) is 22.7. The third kappa shape index (κ3) is 4.24. The molecule has 0 fully saturated rings. The van der Waals surface area contributed by atoms with Crippen LogP contribution in [0.15, 0.2) is 88.8 Å². The van der Waals surface area contributed by atoms with Crippen molar-refractivity contribution in [2.24, 2.45) is 0 Å². The van der Waals surface area contributed by atoms with E-state index in [9.17, 15) is 13.2 Å². The first-order valence-corrected chi connectivity index (χ1v) is 11.7. The molecule has 0 unspecified atom stereocenters. The Kier molecular flexibility index (Phi) is 6.01. The number of aryl methyl sites for hydroxylation is 1. The quantitative estimate of drug-likeness (QED) is 0.462. The molecular formula is C25H24N2O4S. The third-order valence-electron chi connectivity index (χ3n) is 5.36. The maximum Gasteiger partial charge on any atom is 0.240 e. The number of hydrogen-bond acceptors (Lipinski definition) is 4. The van der Waals surface area contributed by atoms with Gasteiger partial charge in [-0.1, -0.05) is 54.1 Å². The van der Waals surface area contributed by atoms with Crippen LogP contribution in [0, 0.1) is 6.92 Å². The number of amides is 1. The van der Waals surface area contributed by atoms with Crippen molar-refractivity contribution in [3.8, 4) is 5.75 Å². The van der Waals surface area contributed by atoms with E-state index in [0.29, 0.717) is 23.2 Å². The van der Waals surface area contributed by atoms with Gasteiger partial charge in [-0.25, -0.2) is 8.42 Å². The fraction of sp³-hybridized carbons (Fsp3) is 0.160. The lowest BCUT2D eigenvalue weighted by Gasteiger charge is -2.10. The van der Waals surface area contributed by atoms with Gasteiger partial charge in [0.25, 0.3) is 0 Å². The van der Waals surface area contributed by atoms with Gasteiger partial charge in [0.1, 0.15) is 12.3 Å². The minimum atomic E-state index is -3.73. The molecule has 0 radical (unpaired) electrons. The second-order valence-corrected chi connectivity index (χ2v) is 9.46. The molecule has 1 amide bonds. The summed E-state index contributed by atoms with van der Waals surface area (Å²) >= 11 is 0. The molecule has 0 aliphatic carbocycles. The number of nitrogens with zero attached hydrogens (tertiary/aromatic N) is 1. The predicted molar refractivity (Wildman–Crippen MR) is 123 cm³/mol. The van der Waals surface area contributed by atoms with Crippen molar-refractivity contribution in [3.05, 3.63) is 90.1 Å². The molecule has 3 aromatic carbocycles. The molecule has 0 atom stereocenters. The van der Waals surface area contributed by atoms with Crippen molar-refractivity contribution in [1.82, 2.24) is 9.88 Å². The summed E-state index contributed by atoms with van der Waals surface area (Å²) in [5.41, 5.74) is 2.53. The first-order chi connectivity index (χ1) is 15.4. The van der Waals surface area contributed by atoms with Gasteiger partial charge in [0.15, 0.2) is 0 Å². The zero-order valence-electron chi connectivity index (χ0n) is 17.9. The second-order valence-electron chi connectivity index (χ2n) is 7.54. The second kappa shape index (κ2) is 8.88. The van der Waals surface area contributed by atoms with E-state index in [2.05, 4.69) is 5.32 Å². The Hall–Kier alpha value is -3.58. The van der Waals surface area contributed by atoms with E-state index in [0.717, 1.165) is 11.1 Å². The fourth-order valence-corrected chi connectivity index (χ4v) is 5.13. The molecule has 0 aliphatic heterocycles. The predicted octanol–water partition coefficient (Wildman–Crippen LogP) is 4.11. The van der Waals surface area contributed by atoms with E-state index in [1.54, 1.807) is 54.3 Å². The van der Waals surface area contributed by atoms with Crippen LogP contribution in [0.1, 0.15) is 11.1 Å². The van der Waals surface area contributed by atoms with Crippen LogP contribution >= 0.6 is 0 Å². The standard InChI is InChI=1S/C25H24N2O4S/c1-18-11-13-20(14-12-18)32(29,30)24-16-27(22-9-5-4-8-21(22)24)17-25(28)26-15-19-7-3-6-10-23(19)31-2/h3-14,16H,15,17H2,1-2H3,(H,26,28). The summed E-state index contributed by atoms with van der Waals surface area (Å²) in [6.07, 6.45) is 1.54. The lowest BCUT2D eigenvalue weighted by atomic mass is 10.2. The SMILES string of the molecule is COc1ccccc1CNC(=O)Cn1cc(S(=O)(=O)c2ccc(C)cc2)c2ccccc21. The van der Waals surface area contributed by atoms with Gasteiger partial charge in [0.2, 0.25) is 15.7 Å². The first kappa shape index (κ1) is 21.6. The Morgan fingerprint density at radius 2 is 1.66 bits per heavy atom. The van der Waals surface area contributed by atoms with Crippen LogP contribution in [0.25, 0.3) is 10.9 Å². The highest BCUT2D eigenvalue weighted by Crippen LogP contribution is 2.30. The first-order valence-electron chi connectivity index (χ1n) is 10.2. The summed E-state index contributed by atoms with van der Waals surface area (Å²) in [6.45, 7) is 2.22. The number of carbonyl (C=O) groups excluding carboxylic acids is 1. The third-order valence-corrected chi connectivity index (χ3v) is 7.15. The van der Waals surface area contributed by atoms with Gasteiger partial charge < -0.3 is 14.6 Å². The van der Waals surface area contributed by atoms with Crippen LogP contribution in [-0.4, -0.2) is 26.0 Å². The van der Waals surface area contributed by atoms with Crippen LogP contribution in [-0.2, 0) is 27.7 Å². The highest BCUT2D eigenvalue weighted by molar-refractivity contribution is 7.91. The van der Waals surface area contributed by atoms with E-state index in [1.807, 2.05) is 43.3 Å². The number of hydrogen-bond donors (Lipinski definition) is 1. The van der Waals surface area contributed by atoms with Gasteiger partial charge in [-0.05, 0) is 31.2 Å². The molecule has 1 N–H and O–H groups in total. The monoisotopic (exact) mass is 448 g/mol. The Balaban J connectivity index is 1.61. The molecular weight excluding hydrogens is 424 g/mol. The van der Waals surface area contributed by atoms with Crippen molar-refractivity contribution < 1.29 is 17.9 Å². The molecule has 164 valence electrons. The zero-order valence-corrected chi connectivity index (χ0v) is 18.7. The van der Waals surface area contributed by atoms with Crippen molar-refractivity contribution in [3.63, 3.8) is 0 Å². The van der Waals surface area contributed by atoms with Crippen LogP contribution in [0.5, 0.6) is 5.75 Å². The number of para-hydroxylation sites is 2. The number of aromatic nitrogens is 1. The van der Waals surface area contributed by atoms with Crippen LogP contribution in [0.3, 0.4) is 0 Å². The summed E-state index contributed by atoms with van der Waals surface area (Å²) in [7, 11) is -2.14. The summed E-state index contributed by atoms with van der Waals surface area (Å²) in [5.74, 6) is 0.474. The molecule has 1 heterocycles. The molecule has 0 spiro atoms. The molecule has 6 nitrogen and oxygen atoms in total. The molecule has 4 rings (SSSR count). The minimum absolute atomic E-state index is 0.000912. The van der Waals surface area contributed by atoms with Crippen LogP contribution in [0.4, 0.5) is 0 Å². The molecule has 32 heavy (non-hydrogen) atoms. The number of fused-ring (bicyclic) bond motifs is 1. The lowest BCUT2D eigenvalue weighted by Crippen LogP contribution is -2.27. The molecule has 7 heteroatoms. The molecule has 4 aromatic rings. The Bertz CT molecular complexity index is 1370. The number of nitrogens with one attached hydrogen (secondary N) is 1. The van der Waals surface area contributed by atoms with Crippen molar-refractivity contribution >= 4 is 26.6 Å². The average Bonchev–Trinajstić information content (AvgIpc) is 3.17. The maximum absolute atomic E-state index is 13.3. The van der Waals surface area contributed by atoms with Crippen molar-refractivity contribution in [2.75, 3.05) is 7.11 Å². The largest absolute Gasteiger partial charge is 0.496 e. The summed E-state index contributed by atoms with van der Waals surface area (Å²) in [4.78, 5) is 13.1. The highest BCUT2D eigenvalue weighted by atomic mass is 32.2. The molecule has 1 aromatic heterocycles. The fourth-order valence-electron chi connectivity index (χ4n) is 3.66. The van der Waals surface area contributed by atoms with E-state index < -0.39 is 9.84 Å². The number of carbonyl (C=O) groups is 1. The average molecular weight is 449 g/mol. The summed E-state index contributed by atoms with van der Waals surface area (Å²) in [5, 5.41) is 3.47. The van der Waals surface area contributed by atoms with Crippen LogP contribution in [0.2, 0.25) is 0 Å². The van der Waals surface area contributed by atoms with Gasteiger partial charge in [0.05, 0.1) is 16.9 Å². The maximum atomic E-state index is 13.3. The molecule has 0 saturated carbocycles. The highest BCUT2D eigenvalue weighted by Gasteiger charge is 2.23.